The Morgan fingerprint density at radius 1 is 1.42 bits per heavy atom. The number of hydrogen-bond donors (Lipinski definition) is 1. The molecule has 1 amide bonds. The first-order chi connectivity index (χ1) is 9.13. The lowest BCUT2D eigenvalue weighted by molar-refractivity contribution is -0.136. The third-order valence-corrected chi connectivity index (χ3v) is 3.76. The maximum Gasteiger partial charge on any atom is 0.229 e. The van der Waals surface area contributed by atoms with Crippen molar-refractivity contribution in [3.05, 3.63) is 35.4 Å². The summed E-state index contributed by atoms with van der Waals surface area (Å²) in [6.45, 7) is 6.33. The zero-order valence-corrected chi connectivity index (χ0v) is 11.6. The van der Waals surface area contributed by atoms with Gasteiger partial charge in [-0.25, -0.2) is 0 Å². The molecule has 2 unspecified atom stereocenters. The van der Waals surface area contributed by atoms with Crippen molar-refractivity contribution in [1.82, 2.24) is 4.90 Å². The fourth-order valence-corrected chi connectivity index (χ4v) is 2.40. The highest BCUT2D eigenvalue weighted by molar-refractivity contribution is 5.80. The molecule has 2 atom stereocenters. The molecule has 19 heavy (non-hydrogen) atoms. The van der Waals surface area contributed by atoms with Crippen LogP contribution in [0.4, 0.5) is 0 Å². The van der Waals surface area contributed by atoms with Crippen molar-refractivity contribution in [3.8, 4) is 0 Å². The first-order valence-corrected chi connectivity index (χ1v) is 6.80. The second-order valence-electron chi connectivity index (χ2n) is 5.09. The van der Waals surface area contributed by atoms with Gasteiger partial charge in [0.15, 0.2) is 0 Å². The smallest absolute Gasteiger partial charge is 0.229 e. The number of carbonyl (C=O) groups is 1. The number of benzene rings is 1. The van der Waals surface area contributed by atoms with Gasteiger partial charge in [0.2, 0.25) is 5.91 Å². The average Bonchev–Trinajstić information content (AvgIpc) is 2.83. The number of amides is 1. The fourth-order valence-electron chi connectivity index (χ4n) is 2.40. The lowest BCUT2D eigenvalue weighted by Crippen LogP contribution is -2.43. The SMILES string of the molecule is CCN(Cc1ccccc1C)C(=O)C1COCC1N. The van der Waals surface area contributed by atoms with Gasteiger partial charge in [-0.1, -0.05) is 24.3 Å². The third kappa shape index (κ3) is 3.14. The molecular weight excluding hydrogens is 240 g/mol. The fraction of sp³-hybridized carbons (Fsp3) is 0.533. The highest BCUT2D eigenvalue weighted by atomic mass is 16.5. The van der Waals surface area contributed by atoms with Crippen molar-refractivity contribution in [2.45, 2.75) is 26.4 Å². The Hall–Kier alpha value is -1.39. The van der Waals surface area contributed by atoms with Crippen LogP contribution in [-0.4, -0.2) is 36.6 Å². The lowest BCUT2D eigenvalue weighted by Gasteiger charge is -2.26. The van der Waals surface area contributed by atoms with E-state index in [1.54, 1.807) is 0 Å². The molecule has 1 aromatic rings. The van der Waals surface area contributed by atoms with Crippen LogP contribution in [0.5, 0.6) is 0 Å². The molecule has 0 radical (unpaired) electrons. The standard InChI is InChI=1S/C15H22N2O2/c1-3-17(8-12-7-5-4-6-11(12)2)15(18)13-9-19-10-14(13)16/h4-7,13-14H,3,8-10,16H2,1-2H3. The minimum absolute atomic E-state index is 0.107. The van der Waals surface area contributed by atoms with Crippen LogP contribution in [0, 0.1) is 12.8 Å². The van der Waals surface area contributed by atoms with Crippen LogP contribution < -0.4 is 5.73 Å². The summed E-state index contributed by atoms with van der Waals surface area (Å²) in [5, 5.41) is 0. The third-order valence-electron chi connectivity index (χ3n) is 3.76. The number of rotatable bonds is 4. The Bertz CT molecular complexity index is 448. The average molecular weight is 262 g/mol. The van der Waals surface area contributed by atoms with Crippen LogP contribution in [-0.2, 0) is 16.1 Å². The second-order valence-corrected chi connectivity index (χ2v) is 5.09. The largest absolute Gasteiger partial charge is 0.379 e. The highest BCUT2D eigenvalue weighted by Crippen LogP contribution is 2.18. The van der Waals surface area contributed by atoms with Crippen LogP contribution in [0.1, 0.15) is 18.1 Å². The van der Waals surface area contributed by atoms with Gasteiger partial charge in [-0.15, -0.1) is 0 Å². The molecule has 0 bridgehead atoms. The Morgan fingerprint density at radius 3 is 2.74 bits per heavy atom. The summed E-state index contributed by atoms with van der Waals surface area (Å²) in [5.74, 6) is -0.0836. The molecule has 1 aliphatic rings. The van der Waals surface area contributed by atoms with E-state index in [1.165, 1.54) is 11.1 Å². The number of carbonyl (C=O) groups excluding carboxylic acids is 1. The van der Waals surface area contributed by atoms with E-state index in [2.05, 4.69) is 19.1 Å². The van der Waals surface area contributed by atoms with E-state index in [0.29, 0.717) is 26.3 Å². The molecule has 0 aromatic heterocycles. The molecule has 1 fully saturated rings. The Morgan fingerprint density at radius 2 is 2.16 bits per heavy atom. The molecule has 104 valence electrons. The van der Waals surface area contributed by atoms with Crippen LogP contribution in [0.15, 0.2) is 24.3 Å². The van der Waals surface area contributed by atoms with E-state index >= 15 is 0 Å². The van der Waals surface area contributed by atoms with E-state index in [4.69, 9.17) is 10.5 Å². The second kappa shape index (κ2) is 6.17. The van der Waals surface area contributed by atoms with E-state index < -0.39 is 0 Å². The van der Waals surface area contributed by atoms with E-state index in [1.807, 2.05) is 24.0 Å². The van der Waals surface area contributed by atoms with Gasteiger partial charge in [-0.3, -0.25) is 4.79 Å². The van der Waals surface area contributed by atoms with Crippen LogP contribution >= 0.6 is 0 Å². The Kier molecular flexibility index (Phi) is 4.56. The van der Waals surface area contributed by atoms with Crippen molar-refractivity contribution in [2.75, 3.05) is 19.8 Å². The van der Waals surface area contributed by atoms with Crippen LogP contribution in [0.3, 0.4) is 0 Å². The molecule has 1 heterocycles. The zero-order valence-electron chi connectivity index (χ0n) is 11.6. The monoisotopic (exact) mass is 262 g/mol. The summed E-state index contributed by atoms with van der Waals surface area (Å²) in [4.78, 5) is 14.3. The molecule has 0 saturated carbocycles. The summed E-state index contributed by atoms with van der Waals surface area (Å²) < 4.78 is 5.29. The minimum Gasteiger partial charge on any atom is -0.379 e. The van der Waals surface area contributed by atoms with Gasteiger partial charge in [0.25, 0.3) is 0 Å². The van der Waals surface area contributed by atoms with E-state index in [0.717, 1.165) is 0 Å². The van der Waals surface area contributed by atoms with Gasteiger partial charge in [-0.2, -0.15) is 0 Å². The molecule has 1 aromatic carbocycles. The van der Waals surface area contributed by atoms with Gasteiger partial charge in [0.1, 0.15) is 0 Å². The molecule has 0 spiro atoms. The molecule has 2 N–H and O–H groups in total. The van der Waals surface area contributed by atoms with Crippen molar-refractivity contribution < 1.29 is 9.53 Å². The quantitative estimate of drug-likeness (QED) is 0.890. The first kappa shape index (κ1) is 14.0. The molecule has 4 heteroatoms. The van der Waals surface area contributed by atoms with Crippen molar-refractivity contribution >= 4 is 5.91 Å². The minimum atomic E-state index is -0.191. The van der Waals surface area contributed by atoms with Crippen LogP contribution in [0.2, 0.25) is 0 Å². The van der Waals surface area contributed by atoms with Crippen LogP contribution in [0.25, 0.3) is 0 Å². The maximum absolute atomic E-state index is 12.5. The van der Waals surface area contributed by atoms with Gasteiger partial charge >= 0.3 is 0 Å². The molecule has 4 nitrogen and oxygen atoms in total. The Labute approximate surface area is 114 Å². The molecule has 1 saturated heterocycles. The van der Waals surface area contributed by atoms with Crippen molar-refractivity contribution in [3.63, 3.8) is 0 Å². The zero-order chi connectivity index (χ0) is 13.8. The predicted octanol–water partition coefficient (Wildman–Crippen LogP) is 1.32. The molecule has 0 aliphatic carbocycles. The topological polar surface area (TPSA) is 55.6 Å². The maximum atomic E-state index is 12.5. The summed E-state index contributed by atoms with van der Waals surface area (Å²) in [6, 6.07) is 7.98. The number of hydrogen-bond acceptors (Lipinski definition) is 3. The van der Waals surface area contributed by atoms with Gasteiger partial charge in [0.05, 0.1) is 19.1 Å². The van der Waals surface area contributed by atoms with Gasteiger partial charge in [0, 0.05) is 19.1 Å². The molecule has 2 rings (SSSR count). The number of ether oxygens (including phenoxy) is 1. The van der Waals surface area contributed by atoms with Crippen molar-refractivity contribution in [1.29, 1.82) is 0 Å². The number of nitrogens with zero attached hydrogens (tertiary/aromatic N) is 1. The summed E-state index contributed by atoms with van der Waals surface area (Å²) in [5.41, 5.74) is 8.32. The molecular formula is C15H22N2O2. The van der Waals surface area contributed by atoms with Crippen molar-refractivity contribution in [2.24, 2.45) is 11.7 Å². The first-order valence-electron chi connectivity index (χ1n) is 6.80. The summed E-state index contributed by atoms with van der Waals surface area (Å²) in [7, 11) is 0. The normalized spacial score (nSPS) is 22.5. The Balaban J connectivity index is 2.08. The van der Waals surface area contributed by atoms with E-state index in [9.17, 15) is 4.79 Å². The molecule has 1 aliphatic heterocycles. The summed E-state index contributed by atoms with van der Waals surface area (Å²) >= 11 is 0. The highest BCUT2D eigenvalue weighted by Gasteiger charge is 2.33. The predicted molar refractivity (Wildman–Crippen MR) is 74.6 cm³/mol. The van der Waals surface area contributed by atoms with E-state index in [-0.39, 0.29) is 17.9 Å². The number of nitrogens with two attached hydrogens (primary N) is 1. The number of aryl methyl sites for hydroxylation is 1. The summed E-state index contributed by atoms with van der Waals surface area (Å²) in [6.07, 6.45) is 0. The van der Waals surface area contributed by atoms with Gasteiger partial charge in [-0.05, 0) is 25.0 Å². The van der Waals surface area contributed by atoms with Gasteiger partial charge < -0.3 is 15.4 Å². The lowest BCUT2D eigenvalue weighted by atomic mass is 10.0.